The highest BCUT2D eigenvalue weighted by Crippen LogP contribution is 2.28. The van der Waals surface area contributed by atoms with Gasteiger partial charge in [0, 0.05) is 23.3 Å². The first-order valence-electron chi connectivity index (χ1n) is 7.57. The largest absolute Gasteiger partial charge is 0.449 e. The third kappa shape index (κ3) is 3.65. The number of H-pyrrole nitrogens is 1. The van der Waals surface area contributed by atoms with E-state index in [1.54, 1.807) is 12.3 Å². The smallest absolute Gasteiger partial charge is 0.412 e. The minimum Gasteiger partial charge on any atom is -0.449 e. The number of carbonyl (C=O) groups excluding carboxylic acids is 1. The number of aromatic nitrogens is 3. The summed E-state index contributed by atoms with van der Waals surface area (Å²) < 4.78 is 5.10. The van der Waals surface area contributed by atoms with Crippen molar-refractivity contribution in [3.63, 3.8) is 0 Å². The molecular formula is C17H17ClN4O2. The van der Waals surface area contributed by atoms with Gasteiger partial charge in [-0.2, -0.15) is 0 Å². The van der Waals surface area contributed by atoms with Crippen LogP contribution in [0.5, 0.6) is 0 Å². The lowest BCUT2D eigenvalue weighted by molar-refractivity contribution is 0.147. The second-order valence-electron chi connectivity index (χ2n) is 5.78. The maximum Gasteiger partial charge on any atom is 0.412 e. The van der Waals surface area contributed by atoms with E-state index in [2.05, 4.69) is 20.3 Å². The standard InChI is InChI=1S/C17H17ClN4O2/c1-10(2)9-24-17(23)22-15-5-3-4-14(21-15)13-8-20-16-12(13)6-11(18)7-19-16/h3-8,10H,9H2,1-2H3,(H,19,20)(H,21,22,23). The minimum absolute atomic E-state index is 0.276. The Morgan fingerprint density at radius 1 is 1.42 bits per heavy atom. The number of fused-ring (bicyclic) bond motifs is 1. The van der Waals surface area contributed by atoms with Gasteiger partial charge < -0.3 is 9.72 Å². The van der Waals surface area contributed by atoms with Crippen LogP contribution in [0.4, 0.5) is 10.6 Å². The number of hydrogen-bond acceptors (Lipinski definition) is 4. The molecule has 2 N–H and O–H groups in total. The maximum absolute atomic E-state index is 11.8. The highest BCUT2D eigenvalue weighted by Gasteiger charge is 2.11. The molecule has 0 aliphatic rings. The number of carbonyl (C=O) groups is 1. The quantitative estimate of drug-likeness (QED) is 0.731. The van der Waals surface area contributed by atoms with Gasteiger partial charge in [-0.25, -0.2) is 14.8 Å². The summed E-state index contributed by atoms with van der Waals surface area (Å²) in [7, 11) is 0. The fourth-order valence-electron chi connectivity index (χ4n) is 2.23. The number of rotatable bonds is 4. The monoisotopic (exact) mass is 344 g/mol. The second-order valence-corrected chi connectivity index (χ2v) is 6.21. The highest BCUT2D eigenvalue weighted by atomic mass is 35.5. The number of aromatic amines is 1. The first kappa shape index (κ1) is 16.3. The summed E-state index contributed by atoms with van der Waals surface area (Å²) in [6, 6.07) is 7.21. The number of anilines is 1. The van der Waals surface area contributed by atoms with E-state index in [1.807, 2.05) is 38.2 Å². The van der Waals surface area contributed by atoms with Crippen molar-refractivity contribution in [1.29, 1.82) is 0 Å². The van der Waals surface area contributed by atoms with Crippen LogP contribution >= 0.6 is 11.6 Å². The Bertz CT molecular complexity index is 876. The Hall–Kier alpha value is -2.60. The van der Waals surface area contributed by atoms with Crippen molar-refractivity contribution >= 4 is 34.5 Å². The van der Waals surface area contributed by atoms with Crippen molar-refractivity contribution in [2.24, 2.45) is 5.92 Å². The maximum atomic E-state index is 11.8. The van der Waals surface area contributed by atoms with Crippen LogP contribution in [0.2, 0.25) is 5.02 Å². The summed E-state index contributed by atoms with van der Waals surface area (Å²) in [5, 5.41) is 4.06. The molecule has 3 heterocycles. The van der Waals surface area contributed by atoms with Gasteiger partial charge in [-0.3, -0.25) is 5.32 Å². The van der Waals surface area contributed by atoms with E-state index in [4.69, 9.17) is 16.3 Å². The molecule has 1 amide bonds. The normalized spacial score (nSPS) is 11.0. The third-order valence-electron chi connectivity index (χ3n) is 3.30. The van der Waals surface area contributed by atoms with Gasteiger partial charge in [-0.15, -0.1) is 0 Å². The number of pyridine rings is 2. The molecule has 3 aromatic rings. The highest BCUT2D eigenvalue weighted by molar-refractivity contribution is 6.31. The summed E-state index contributed by atoms with van der Waals surface area (Å²) in [5.74, 6) is 0.698. The van der Waals surface area contributed by atoms with Crippen LogP contribution in [0.3, 0.4) is 0 Å². The Morgan fingerprint density at radius 2 is 2.25 bits per heavy atom. The molecule has 0 saturated carbocycles. The van der Waals surface area contributed by atoms with Crippen molar-refractivity contribution in [3.05, 3.63) is 41.7 Å². The lowest BCUT2D eigenvalue weighted by Crippen LogP contribution is -2.17. The molecule has 0 aromatic carbocycles. The molecule has 0 atom stereocenters. The van der Waals surface area contributed by atoms with E-state index in [1.165, 1.54) is 0 Å². The average Bonchev–Trinajstić information content (AvgIpc) is 2.96. The molecule has 0 aliphatic carbocycles. The lowest BCUT2D eigenvalue weighted by atomic mass is 10.1. The van der Waals surface area contributed by atoms with Gasteiger partial charge >= 0.3 is 6.09 Å². The molecule has 0 spiro atoms. The van der Waals surface area contributed by atoms with Gasteiger partial charge in [0.25, 0.3) is 0 Å². The summed E-state index contributed by atoms with van der Waals surface area (Å²) in [6.45, 7) is 4.31. The van der Waals surface area contributed by atoms with Crippen LogP contribution in [0.15, 0.2) is 36.7 Å². The number of halogens is 1. The summed E-state index contributed by atoms with van der Waals surface area (Å²) in [6.07, 6.45) is 2.88. The number of amides is 1. The molecule has 3 rings (SSSR count). The SMILES string of the molecule is CC(C)COC(=O)Nc1cccc(-c2c[nH]c3ncc(Cl)cc23)n1. The predicted molar refractivity (Wildman–Crippen MR) is 94.1 cm³/mol. The number of ether oxygens (including phenoxy) is 1. The van der Waals surface area contributed by atoms with Crippen molar-refractivity contribution in [2.45, 2.75) is 13.8 Å². The van der Waals surface area contributed by atoms with E-state index in [-0.39, 0.29) is 5.92 Å². The molecule has 0 radical (unpaired) electrons. The van der Waals surface area contributed by atoms with E-state index >= 15 is 0 Å². The summed E-state index contributed by atoms with van der Waals surface area (Å²) in [5.41, 5.74) is 2.29. The zero-order valence-corrected chi connectivity index (χ0v) is 14.1. The Kier molecular flexibility index (Phi) is 4.66. The van der Waals surface area contributed by atoms with Gasteiger partial charge in [0.2, 0.25) is 0 Å². The van der Waals surface area contributed by atoms with Gasteiger partial charge in [0.05, 0.1) is 17.3 Å². The van der Waals surface area contributed by atoms with Crippen LogP contribution < -0.4 is 5.32 Å². The molecule has 0 saturated heterocycles. The zero-order chi connectivity index (χ0) is 17.1. The van der Waals surface area contributed by atoms with Crippen molar-refractivity contribution in [3.8, 4) is 11.3 Å². The van der Waals surface area contributed by atoms with E-state index in [9.17, 15) is 4.79 Å². The van der Waals surface area contributed by atoms with Crippen LogP contribution in [0.1, 0.15) is 13.8 Å². The summed E-state index contributed by atoms with van der Waals surface area (Å²) in [4.78, 5) is 23.5. The van der Waals surface area contributed by atoms with Gasteiger partial charge in [-0.05, 0) is 24.1 Å². The minimum atomic E-state index is -0.517. The van der Waals surface area contributed by atoms with Crippen molar-refractivity contribution in [2.75, 3.05) is 11.9 Å². The molecule has 0 bridgehead atoms. The topological polar surface area (TPSA) is 79.9 Å². The average molecular weight is 345 g/mol. The molecule has 7 heteroatoms. The first-order valence-corrected chi connectivity index (χ1v) is 7.94. The fourth-order valence-corrected chi connectivity index (χ4v) is 2.39. The number of nitrogens with zero attached hydrogens (tertiary/aromatic N) is 2. The Balaban J connectivity index is 1.84. The molecule has 0 unspecified atom stereocenters. The molecular weight excluding hydrogens is 328 g/mol. The van der Waals surface area contributed by atoms with Gasteiger partial charge in [0.15, 0.2) is 0 Å². The van der Waals surface area contributed by atoms with Gasteiger partial charge in [-0.1, -0.05) is 31.5 Å². The molecule has 0 fully saturated rings. The Morgan fingerprint density at radius 3 is 3.04 bits per heavy atom. The van der Waals surface area contributed by atoms with Crippen LogP contribution in [0, 0.1) is 5.92 Å². The van der Waals surface area contributed by atoms with E-state index in [0.29, 0.717) is 23.1 Å². The van der Waals surface area contributed by atoms with Crippen LogP contribution in [-0.4, -0.2) is 27.7 Å². The van der Waals surface area contributed by atoms with Gasteiger partial charge in [0.1, 0.15) is 11.5 Å². The number of nitrogens with one attached hydrogen (secondary N) is 2. The Labute approximate surface area is 144 Å². The zero-order valence-electron chi connectivity index (χ0n) is 13.3. The predicted octanol–water partition coefficient (Wildman–Crippen LogP) is 4.48. The molecule has 24 heavy (non-hydrogen) atoms. The van der Waals surface area contributed by atoms with Crippen LogP contribution in [0.25, 0.3) is 22.3 Å². The second kappa shape index (κ2) is 6.88. The summed E-state index contributed by atoms with van der Waals surface area (Å²) >= 11 is 6.03. The lowest BCUT2D eigenvalue weighted by Gasteiger charge is -2.09. The molecule has 3 aromatic heterocycles. The van der Waals surface area contributed by atoms with E-state index < -0.39 is 6.09 Å². The molecule has 124 valence electrons. The third-order valence-corrected chi connectivity index (χ3v) is 3.51. The van der Waals surface area contributed by atoms with Crippen molar-refractivity contribution in [1.82, 2.24) is 15.0 Å². The van der Waals surface area contributed by atoms with Crippen LogP contribution in [-0.2, 0) is 4.74 Å². The fraction of sp³-hybridized carbons (Fsp3) is 0.235. The molecule has 6 nitrogen and oxygen atoms in total. The number of hydrogen-bond donors (Lipinski definition) is 2. The molecule has 0 aliphatic heterocycles. The first-order chi connectivity index (χ1) is 11.5. The van der Waals surface area contributed by atoms with E-state index in [0.717, 1.165) is 16.6 Å². The van der Waals surface area contributed by atoms with Crippen molar-refractivity contribution < 1.29 is 9.53 Å².